The van der Waals surface area contributed by atoms with Gasteiger partial charge in [-0.05, 0) is 44.5 Å². The maximum atomic E-state index is 13.2. The lowest BCUT2D eigenvalue weighted by atomic mass is 10.2. The summed E-state index contributed by atoms with van der Waals surface area (Å²) in [4.78, 5) is 13.0. The maximum Gasteiger partial charge on any atom is 0.243 e. The third-order valence-corrected chi connectivity index (χ3v) is 7.44. The highest BCUT2D eigenvalue weighted by Gasteiger charge is 2.30. The van der Waals surface area contributed by atoms with Gasteiger partial charge in [0.1, 0.15) is 0 Å². The van der Waals surface area contributed by atoms with E-state index in [-0.39, 0.29) is 22.1 Å². The van der Waals surface area contributed by atoms with Crippen molar-refractivity contribution in [2.24, 2.45) is 0 Å². The fraction of sp³-hybridized carbons (Fsp3) is 0.316. The van der Waals surface area contributed by atoms with Gasteiger partial charge in [-0.15, -0.1) is 11.8 Å². The minimum absolute atomic E-state index is 0.109. The molecule has 1 atom stereocenters. The van der Waals surface area contributed by atoms with Crippen LogP contribution in [0, 0.1) is 0 Å². The zero-order valence-corrected chi connectivity index (χ0v) is 16.6. The van der Waals surface area contributed by atoms with Crippen molar-refractivity contribution in [3.8, 4) is 0 Å². The Labute approximate surface area is 158 Å². The van der Waals surface area contributed by atoms with Crippen molar-refractivity contribution in [3.63, 3.8) is 0 Å². The number of carbonyl (C=O) groups is 1. The highest BCUT2D eigenvalue weighted by Crippen LogP contribution is 2.37. The Hall–Kier alpha value is -1.83. The van der Waals surface area contributed by atoms with Gasteiger partial charge in [-0.3, -0.25) is 4.79 Å². The number of thioether (sulfide) groups is 1. The third-order valence-electron chi connectivity index (χ3n) is 4.25. The minimum Gasteiger partial charge on any atom is -0.324 e. The van der Waals surface area contributed by atoms with Gasteiger partial charge in [0, 0.05) is 17.5 Å². The normalized spacial score (nSPS) is 17.3. The lowest BCUT2D eigenvalue weighted by Gasteiger charge is -2.27. The molecule has 0 saturated heterocycles. The molecule has 0 unspecified atom stereocenters. The topological polar surface area (TPSA) is 66.5 Å². The van der Waals surface area contributed by atoms with E-state index >= 15 is 0 Å². The van der Waals surface area contributed by atoms with Crippen molar-refractivity contribution in [2.75, 3.05) is 5.32 Å². The summed E-state index contributed by atoms with van der Waals surface area (Å²) < 4.78 is 27.9. The predicted octanol–water partition coefficient (Wildman–Crippen LogP) is 3.72. The van der Waals surface area contributed by atoms with E-state index in [0.29, 0.717) is 12.2 Å². The van der Waals surface area contributed by atoms with Crippen LogP contribution in [0.3, 0.4) is 0 Å². The van der Waals surface area contributed by atoms with Crippen LogP contribution in [0.1, 0.15) is 26.3 Å². The molecule has 0 spiro atoms. The second-order valence-electron chi connectivity index (χ2n) is 6.54. The van der Waals surface area contributed by atoms with E-state index in [0.717, 1.165) is 10.5 Å². The van der Waals surface area contributed by atoms with E-state index in [1.165, 1.54) is 16.1 Å². The highest BCUT2D eigenvalue weighted by molar-refractivity contribution is 8.01. The SMILES string of the molecule is CC(C)N(Cc1ccccc1)S(=O)(=O)c1ccc2c(c1)NC(=O)[C@@H](C)S2. The lowest BCUT2D eigenvalue weighted by Crippen LogP contribution is -2.36. The quantitative estimate of drug-likeness (QED) is 0.845. The van der Waals surface area contributed by atoms with Crippen LogP contribution in [0.2, 0.25) is 0 Å². The summed E-state index contributed by atoms with van der Waals surface area (Å²) >= 11 is 1.44. The van der Waals surface area contributed by atoms with Crippen LogP contribution in [-0.2, 0) is 21.4 Å². The van der Waals surface area contributed by atoms with E-state index in [9.17, 15) is 13.2 Å². The summed E-state index contributed by atoms with van der Waals surface area (Å²) in [7, 11) is -3.69. The average molecular weight is 391 g/mol. The van der Waals surface area contributed by atoms with E-state index in [1.807, 2.05) is 51.1 Å². The summed E-state index contributed by atoms with van der Waals surface area (Å²) in [6.07, 6.45) is 0. The van der Waals surface area contributed by atoms with Crippen LogP contribution in [0.25, 0.3) is 0 Å². The molecule has 2 aromatic carbocycles. The van der Waals surface area contributed by atoms with Gasteiger partial charge < -0.3 is 5.32 Å². The molecule has 0 aromatic heterocycles. The lowest BCUT2D eigenvalue weighted by molar-refractivity contribution is -0.115. The van der Waals surface area contributed by atoms with Crippen LogP contribution in [-0.4, -0.2) is 29.9 Å². The molecule has 26 heavy (non-hydrogen) atoms. The highest BCUT2D eigenvalue weighted by atomic mass is 32.2. The zero-order valence-electron chi connectivity index (χ0n) is 15.0. The van der Waals surface area contributed by atoms with Gasteiger partial charge in [0.05, 0.1) is 15.8 Å². The Kier molecular flexibility index (Phi) is 5.41. The molecule has 1 amide bonds. The summed E-state index contributed by atoms with van der Waals surface area (Å²) in [5.74, 6) is -0.109. The van der Waals surface area contributed by atoms with Crippen molar-refractivity contribution in [1.29, 1.82) is 0 Å². The van der Waals surface area contributed by atoms with Gasteiger partial charge in [-0.2, -0.15) is 4.31 Å². The smallest absolute Gasteiger partial charge is 0.243 e. The molecule has 5 nitrogen and oxygen atoms in total. The number of rotatable bonds is 5. The summed E-state index contributed by atoms with van der Waals surface area (Å²) in [6.45, 7) is 5.85. The fourth-order valence-corrected chi connectivity index (χ4v) is 5.37. The molecule has 0 bridgehead atoms. The van der Waals surface area contributed by atoms with Crippen LogP contribution >= 0.6 is 11.8 Å². The Morgan fingerprint density at radius 1 is 1.15 bits per heavy atom. The molecule has 1 aliphatic heterocycles. The van der Waals surface area contributed by atoms with E-state index in [2.05, 4.69) is 5.32 Å². The molecule has 0 radical (unpaired) electrons. The number of nitrogens with one attached hydrogen (secondary N) is 1. The number of nitrogens with zero attached hydrogens (tertiary/aromatic N) is 1. The molecule has 1 aliphatic rings. The fourth-order valence-electron chi connectivity index (χ4n) is 2.79. The first-order valence-electron chi connectivity index (χ1n) is 8.46. The van der Waals surface area contributed by atoms with Crippen molar-refractivity contribution >= 4 is 33.4 Å². The standard InChI is InChI=1S/C19H22N2O3S2/c1-13(2)21(12-15-7-5-4-6-8-15)26(23,24)16-9-10-18-17(11-16)20-19(22)14(3)25-18/h4-11,13-14H,12H2,1-3H3,(H,20,22)/t14-/m1/s1. The number of sulfonamides is 1. The summed E-state index contributed by atoms with van der Waals surface area (Å²) in [6, 6.07) is 14.3. The van der Waals surface area contributed by atoms with Crippen molar-refractivity contribution < 1.29 is 13.2 Å². The summed E-state index contributed by atoms with van der Waals surface area (Å²) in [5, 5.41) is 2.61. The molecule has 2 aromatic rings. The Morgan fingerprint density at radius 2 is 1.85 bits per heavy atom. The van der Waals surface area contributed by atoms with Crippen LogP contribution in [0.4, 0.5) is 5.69 Å². The average Bonchev–Trinajstić information content (AvgIpc) is 2.60. The molecule has 0 saturated carbocycles. The molecular weight excluding hydrogens is 368 g/mol. The second-order valence-corrected chi connectivity index (χ2v) is 9.81. The number of fused-ring (bicyclic) bond motifs is 1. The molecule has 1 heterocycles. The van der Waals surface area contributed by atoms with Crippen LogP contribution in [0.5, 0.6) is 0 Å². The Balaban J connectivity index is 1.95. The third kappa shape index (κ3) is 3.79. The second kappa shape index (κ2) is 7.42. The first-order valence-corrected chi connectivity index (χ1v) is 10.8. The Bertz CT molecular complexity index is 912. The molecule has 0 aliphatic carbocycles. The van der Waals surface area contributed by atoms with Gasteiger partial charge in [0.15, 0.2) is 0 Å². The number of amides is 1. The molecule has 7 heteroatoms. The number of hydrogen-bond donors (Lipinski definition) is 1. The van der Waals surface area contributed by atoms with Crippen molar-refractivity contribution in [1.82, 2.24) is 4.31 Å². The monoisotopic (exact) mass is 390 g/mol. The van der Waals surface area contributed by atoms with Gasteiger partial charge >= 0.3 is 0 Å². The van der Waals surface area contributed by atoms with Crippen molar-refractivity contribution in [2.45, 2.75) is 48.4 Å². The van der Waals surface area contributed by atoms with Crippen LogP contribution < -0.4 is 5.32 Å². The van der Waals surface area contributed by atoms with E-state index < -0.39 is 10.0 Å². The minimum atomic E-state index is -3.69. The van der Waals surface area contributed by atoms with Crippen LogP contribution in [0.15, 0.2) is 58.3 Å². The molecule has 3 rings (SSSR count). The van der Waals surface area contributed by atoms with E-state index in [1.54, 1.807) is 18.2 Å². The van der Waals surface area contributed by atoms with Gasteiger partial charge in [0.2, 0.25) is 15.9 Å². The first kappa shape index (κ1) is 18.9. The summed E-state index contributed by atoms with van der Waals surface area (Å²) in [5.41, 5.74) is 1.49. The van der Waals surface area contributed by atoms with Gasteiger partial charge in [0.25, 0.3) is 0 Å². The number of hydrogen-bond acceptors (Lipinski definition) is 4. The maximum absolute atomic E-state index is 13.2. The molecule has 1 N–H and O–H groups in total. The predicted molar refractivity (Wildman–Crippen MR) is 105 cm³/mol. The number of anilines is 1. The van der Waals surface area contributed by atoms with Crippen molar-refractivity contribution in [3.05, 3.63) is 54.1 Å². The van der Waals surface area contributed by atoms with Gasteiger partial charge in [-0.1, -0.05) is 30.3 Å². The first-order chi connectivity index (χ1) is 12.3. The number of benzene rings is 2. The number of carbonyl (C=O) groups excluding carboxylic acids is 1. The molecular formula is C19H22N2O3S2. The zero-order chi connectivity index (χ0) is 18.9. The largest absolute Gasteiger partial charge is 0.324 e. The van der Waals surface area contributed by atoms with Gasteiger partial charge in [-0.25, -0.2) is 8.42 Å². The molecule has 0 fully saturated rings. The Morgan fingerprint density at radius 3 is 2.50 bits per heavy atom. The molecule has 138 valence electrons. The van der Waals surface area contributed by atoms with E-state index in [4.69, 9.17) is 0 Å².